The average molecular weight is 1470 g/mol. The van der Waals surface area contributed by atoms with Gasteiger partial charge in [0, 0.05) is 89.3 Å². The van der Waals surface area contributed by atoms with Crippen molar-refractivity contribution in [1.29, 1.82) is 0 Å². The Morgan fingerprint density at radius 2 is 0.649 bits per heavy atom. The summed E-state index contributed by atoms with van der Waals surface area (Å²) in [6, 6.07) is 112. The van der Waals surface area contributed by atoms with Gasteiger partial charge in [0.15, 0.2) is 0 Å². The third-order valence-corrected chi connectivity index (χ3v) is 23.3. The summed E-state index contributed by atoms with van der Waals surface area (Å²) in [5.41, 5.74) is 26.4. The first-order valence-corrected chi connectivity index (χ1v) is 39.5. The van der Waals surface area contributed by atoms with Crippen molar-refractivity contribution in [2.24, 2.45) is 0 Å². The van der Waals surface area contributed by atoms with E-state index >= 15 is 0 Å². The van der Waals surface area contributed by atoms with Crippen LogP contribution >= 0.6 is 0 Å². The molecule has 548 valence electrons. The molecular weight excluding hydrogens is 1380 g/mol. The van der Waals surface area contributed by atoms with Gasteiger partial charge in [-0.1, -0.05) is 317 Å². The lowest BCUT2D eigenvalue weighted by atomic mass is 9.33. The van der Waals surface area contributed by atoms with Gasteiger partial charge in [-0.05, 0) is 198 Å². The van der Waals surface area contributed by atoms with Crippen molar-refractivity contribution in [3.8, 4) is 67.0 Å². The van der Waals surface area contributed by atoms with Crippen molar-refractivity contribution in [3.63, 3.8) is 0 Å². The third kappa shape index (κ3) is 11.8. The number of rotatable bonds is 12. The predicted octanol–water partition coefficient (Wildman–Crippen LogP) is 27.7. The Morgan fingerprint density at radius 1 is 0.272 bits per heavy atom. The van der Waals surface area contributed by atoms with E-state index in [1.165, 1.54) is 16.3 Å². The molecule has 4 heterocycles. The highest BCUT2D eigenvalue weighted by Gasteiger charge is 2.47. The molecule has 5 nitrogen and oxygen atoms in total. The van der Waals surface area contributed by atoms with Gasteiger partial charge in [0.05, 0.1) is 50.1 Å². The quantitative estimate of drug-likeness (QED) is 0.114. The van der Waals surface area contributed by atoms with E-state index in [4.69, 9.17) is 0 Å². The first-order valence-electron chi connectivity index (χ1n) is 43.5. The van der Waals surface area contributed by atoms with Crippen LogP contribution in [0.3, 0.4) is 0 Å². The SMILES string of the molecule is [2H]c1c([2H])c([2H])c2c(c1[2H])c1c([2H])c([2H])c([2H])c([2H])c1n2-c1cc2c3c(c1)N(c1c(-c4ccccc4)cc(C(C)(C)C)cc1-c1ccccc1)c1cc(N(c4ccccc4)c4ccc(-n5c6ccccc6c6ccccc65)cc4)ccc1B3c1ccc(-c3cccc(C(C)(C)C)c3)cc1N2c1c(-c2ccccc2)cc(C(C)(C)C)cc1-c1ccccc1. The molecule has 0 unspecified atom stereocenters. The van der Waals surface area contributed by atoms with Crippen LogP contribution in [-0.4, -0.2) is 15.8 Å². The second-order valence-corrected chi connectivity index (χ2v) is 33.5. The highest BCUT2D eigenvalue weighted by molar-refractivity contribution is 7.00. The number of benzene rings is 16. The standard InChI is InChI=1S/C108H88BN5/c1-106(2,3)77-43-33-42-75(62-77)76-54-60-93-99(63-76)113(104-89(71-34-15-10-16-35-71)64-78(107(4,5)6)65-90(104)72-36-17-11-18-37-72)101-69-84(112-97-52-31-27-48-87(97)88-49-28-32-53-98(88)112)70-102-103(101)109(93)94-61-59-83(68-100(94)114(102)105-91(73-38-19-12-20-39-73)66-79(108(7,8)9)67-92(105)74-40-21-13-22-41-74)110(80-44-23-14-24-45-80)81-55-57-82(58-56-81)111-95-50-29-25-46-85(95)86-47-26-30-51-96(86)111/h10-70H,1-9H3/i27D,28D,31D,32D,48D,49D,52D,53D. The largest absolute Gasteiger partial charge is 0.310 e. The highest BCUT2D eigenvalue weighted by Crippen LogP contribution is 2.56. The monoisotopic (exact) mass is 1470 g/mol. The summed E-state index contributed by atoms with van der Waals surface area (Å²) < 4.78 is 82.8. The zero-order valence-electron chi connectivity index (χ0n) is 73.4. The normalized spacial score (nSPS) is 13.7. The van der Waals surface area contributed by atoms with Gasteiger partial charge in [0.1, 0.15) is 0 Å². The lowest BCUT2D eigenvalue weighted by Crippen LogP contribution is -2.61. The number of anilines is 9. The van der Waals surface area contributed by atoms with E-state index in [9.17, 15) is 11.0 Å². The lowest BCUT2D eigenvalue weighted by molar-refractivity contribution is 0.590. The summed E-state index contributed by atoms with van der Waals surface area (Å²) in [7, 11) is 0. The van der Waals surface area contributed by atoms with Gasteiger partial charge in [0.2, 0.25) is 0 Å². The number of nitrogens with zero attached hydrogens (tertiary/aromatic N) is 5. The zero-order valence-corrected chi connectivity index (χ0v) is 65.4. The summed E-state index contributed by atoms with van der Waals surface area (Å²) in [5.74, 6) is 0. The van der Waals surface area contributed by atoms with E-state index < -0.39 is 55.1 Å². The maximum atomic E-state index is 10.3. The minimum Gasteiger partial charge on any atom is -0.310 e. The molecule has 0 atom stereocenters. The molecule has 0 aliphatic carbocycles. The number of para-hydroxylation sites is 5. The lowest BCUT2D eigenvalue weighted by Gasteiger charge is -2.46. The molecule has 0 saturated heterocycles. The number of hydrogen-bond acceptors (Lipinski definition) is 3. The Balaban J connectivity index is 0.992. The van der Waals surface area contributed by atoms with Gasteiger partial charge in [0.25, 0.3) is 6.71 Å². The van der Waals surface area contributed by atoms with Crippen LogP contribution in [-0.2, 0) is 16.2 Å². The van der Waals surface area contributed by atoms with E-state index in [1.54, 1.807) is 4.57 Å². The van der Waals surface area contributed by atoms with E-state index in [1.807, 2.05) is 0 Å². The first-order chi connectivity index (χ1) is 58.8. The first kappa shape index (κ1) is 61.3. The molecular formula is C108H88BN5. The smallest absolute Gasteiger partial charge is 0.252 e. The van der Waals surface area contributed by atoms with Crippen LogP contribution in [0.4, 0.5) is 51.2 Å². The van der Waals surface area contributed by atoms with Crippen molar-refractivity contribution in [3.05, 3.63) is 387 Å². The van der Waals surface area contributed by atoms with Crippen LogP contribution < -0.4 is 31.1 Å². The summed E-state index contributed by atoms with van der Waals surface area (Å²) in [4.78, 5) is 7.28. The average Bonchev–Trinajstić information content (AvgIpc) is 1.19. The van der Waals surface area contributed by atoms with E-state index in [0.29, 0.717) is 5.69 Å². The highest BCUT2D eigenvalue weighted by atomic mass is 15.2. The number of fused-ring (bicyclic) bond motifs is 10. The van der Waals surface area contributed by atoms with Crippen LogP contribution in [0.15, 0.2) is 370 Å². The van der Waals surface area contributed by atoms with Crippen LogP contribution in [0.1, 0.15) is 90.0 Å². The minimum absolute atomic E-state index is 0.00662. The van der Waals surface area contributed by atoms with Gasteiger partial charge in [-0.15, -0.1) is 0 Å². The Hall–Kier alpha value is -13.4. The van der Waals surface area contributed by atoms with E-state index in [0.717, 1.165) is 151 Å². The van der Waals surface area contributed by atoms with E-state index in [2.05, 4.69) is 403 Å². The topological polar surface area (TPSA) is 19.6 Å². The van der Waals surface area contributed by atoms with E-state index in [-0.39, 0.29) is 38.1 Å². The molecule has 0 fully saturated rings. The second-order valence-electron chi connectivity index (χ2n) is 33.5. The third-order valence-electron chi connectivity index (χ3n) is 23.3. The van der Waals surface area contributed by atoms with Crippen LogP contribution in [0.5, 0.6) is 0 Å². The molecule has 2 aliphatic rings. The van der Waals surface area contributed by atoms with Crippen molar-refractivity contribution in [2.45, 2.75) is 78.6 Å². The van der Waals surface area contributed by atoms with Crippen LogP contribution in [0.2, 0.25) is 0 Å². The molecule has 114 heavy (non-hydrogen) atoms. The minimum atomic E-state index is -0.567. The van der Waals surface area contributed by atoms with Gasteiger partial charge >= 0.3 is 0 Å². The van der Waals surface area contributed by atoms with Crippen molar-refractivity contribution >= 4 is 118 Å². The molecule has 2 aromatic heterocycles. The molecule has 0 amide bonds. The fourth-order valence-corrected chi connectivity index (χ4v) is 17.7. The molecule has 0 spiro atoms. The van der Waals surface area contributed by atoms with Crippen LogP contribution in [0, 0.1) is 0 Å². The zero-order chi connectivity index (χ0) is 84.3. The predicted molar refractivity (Wildman–Crippen MR) is 487 cm³/mol. The fraction of sp³-hybridized carbons (Fsp3) is 0.111. The van der Waals surface area contributed by atoms with Crippen molar-refractivity contribution in [1.82, 2.24) is 9.13 Å². The van der Waals surface area contributed by atoms with Crippen molar-refractivity contribution in [2.75, 3.05) is 14.7 Å². The molecule has 0 radical (unpaired) electrons. The van der Waals surface area contributed by atoms with Gasteiger partial charge < -0.3 is 23.8 Å². The maximum Gasteiger partial charge on any atom is 0.252 e. The summed E-state index contributed by atoms with van der Waals surface area (Å²) in [5, 5.41) is 2.31. The molecule has 0 bridgehead atoms. The second kappa shape index (κ2) is 27.2. The molecule has 16 aromatic carbocycles. The maximum absolute atomic E-state index is 10.3. The van der Waals surface area contributed by atoms with Gasteiger partial charge in [-0.3, -0.25) is 0 Å². The summed E-state index contributed by atoms with van der Waals surface area (Å²) in [6.07, 6.45) is 0. The number of hydrogen-bond donors (Lipinski definition) is 0. The molecule has 18 aromatic rings. The number of aromatic nitrogens is 2. The Labute approximate surface area is 680 Å². The fourth-order valence-electron chi connectivity index (χ4n) is 17.7. The van der Waals surface area contributed by atoms with Gasteiger partial charge in [-0.2, -0.15) is 0 Å². The molecule has 0 N–H and O–H groups in total. The van der Waals surface area contributed by atoms with Crippen molar-refractivity contribution < 1.29 is 11.0 Å². The van der Waals surface area contributed by atoms with Gasteiger partial charge in [-0.25, -0.2) is 0 Å². The Kier molecular flexibility index (Phi) is 14.6. The van der Waals surface area contributed by atoms with Crippen LogP contribution in [0.25, 0.3) is 111 Å². The summed E-state index contributed by atoms with van der Waals surface area (Å²) in [6.45, 7) is 19.8. The molecule has 2 aliphatic heterocycles. The Morgan fingerprint density at radius 3 is 1.11 bits per heavy atom. The Bertz CT molecular complexity index is 7040. The molecule has 6 heteroatoms. The molecule has 0 saturated carbocycles. The summed E-state index contributed by atoms with van der Waals surface area (Å²) >= 11 is 0. The molecule has 20 rings (SSSR count).